The number of aryl methyl sites for hydroxylation is 1. The van der Waals surface area contributed by atoms with E-state index in [0.29, 0.717) is 0 Å². The Labute approximate surface area is 173 Å². The van der Waals surface area contributed by atoms with E-state index in [2.05, 4.69) is 54.7 Å². The Hall–Kier alpha value is -2.38. The van der Waals surface area contributed by atoms with Crippen molar-refractivity contribution in [1.82, 2.24) is 14.9 Å². The Morgan fingerprint density at radius 2 is 1.66 bits per heavy atom. The molecule has 2 fully saturated rings. The molecule has 0 aliphatic carbocycles. The Morgan fingerprint density at radius 1 is 0.931 bits per heavy atom. The monoisotopic (exact) mass is 396 g/mol. The summed E-state index contributed by atoms with van der Waals surface area (Å²) in [6, 6.07) is 10.6. The summed E-state index contributed by atoms with van der Waals surface area (Å²) in [6.07, 6.45) is 3.94. The first-order valence-corrected chi connectivity index (χ1v) is 10.8. The average Bonchev–Trinajstić information content (AvgIpc) is 2.75. The van der Waals surface area contributed by atoms with Gasteiger partial charge >= 0.3 is 0 Å². The van der Waals surface area contributed by atoms with Crippen LogP contribution in [-0.4, -0.2) is 67.4 Å². The number of nitrogens with one attached hydrogen (secondary N) is 2. The SMILES string of the molecule is Cc1nc(NCCN2CCOCC2)cc(Nc2ccc(N3CCCCC3)cc2)n1. The minimum atomic E-state index is 0.758. The van der Waals surface area contributed by atoms with Crippen LogP contribution < -0.4 is 15.5 Å². The Kier molecular flexibility index (Phi) is 6.79. The summed E-state index contributed by atoms with van der Waals surface area (Å²) >= 11 is 0. The van der Waals surface area contributed by atoms with Crippen molar-refractivity contribution in [3.8, 4) is 0 Å². The van der Waals surface area contributed by atoms with Gasteiger partial charge in [-0.25, -0.2) is 9.97 Å². The van der Waals surface area contributed by atoms with E-state index in [1.807, 2.05) is 13.0 Å². The lowest BCUT2D eigenvalue weighted by molar-refractivity contribution is 0.0398. The maximum atomic E-state index is 5.40. The van der Waals surface area contributed by atoms with Gasteiger partial charge in [-0.3, -0.25) is 4.90 Å². The van der Waals surface area contributed by atoms with Gasteiger partial charge in [0.25, 0.3) is 0 Å². The van der Waals surface area contributed by atoms with Crippen LogP contribution >= 0.6 is 0 Å². The lowest BCUT2D eigenvalue weighted by Gasteiger charge is -2.28. The highest BCUT2D eigenvalue weighted by molar-refractivity contribution is 5.62. The number of ether oxygens (including phenoxy) is 1. The number of anilines is 4. The molecule has 0 amide bonds. The highest BCUT2D eigenvalue weighted by Crippen LogP contribution is 2.24. The molecule has 1 aromatic carbocycles. The van der Waals surface area contributed by atoms with Gasteiger partial charge in [-0.05, 0) is 50.5 Å². The summed E-state index contributed by atoms with van der Waals surface area (Å²) in [7, 11) is 0. The van der Waals surface area contributed by atoms with E-state index in [1.54, 1.807) is 0 Å². The third-order valence-electron chi connectivity index (χ3n) is 5.54. The number of hydrogen-bond donors (Lipinski definition) is 2. The van der Waals surface area contributed by atoms with Gasteiger partial charge in [-0.1, -0.05) is 0 Å². The van der Waals surface area contributed by atoms with Gasteiger partial charge in [-0.15, -0.1) is 0 Å². The Bertz CT molecular complexity index is 769. The third-order valence-corrected chi connectivity index (χ3v) is 5.54. The second kappa shape index (κ2) is 9.89. The standard InChI is InChI=1S/C22H32N6O/c1-18-24-21(23-9-12-27-13-15-29-16-14-27)17-22(25-18)26-19-5-7-20(8-6-19)28-10-3-2-4-11-28/h5-8,17H,2-4,9-16H2,1H3,(H2,23,24,25,26). The molecule has 29 heavy (non-hydrogen) atoms. The summed E-state index contributed by atoms with van der Waals surface area (Å²) in [5.41, 5.74) is 2.35. The van der Waals surface area contributed by atoms with Crippen LogP contribution in [-0.2, 0) is 4.74 Å². The van der Waals surface area contributed by atoms with Crippen LogP contribution in [0.5, 0.6) is 0 Å². The first kappa shape index (κ1) is 19.9. The molecule has 3 heterocycles. The largest absolute Gasteiger partial charge is 0.379 e. The second-order valence-electron chi connectivity index (χ2n) is 7.79. The quantitative estimate of drug-likeness (QED) is 0.745. The van der Waals surface area contributed by atoms with Gasteiger partial charge in [0.05, 0.1) is 13.2 Å². The highest BCUT2D eigenvalue weighted by atomic mass is 16.5. The highest BCUT2D eigenvalue weighted by Gasteiger charge is 2.11. The minimum absolute atomic E-state index is 0.758. The van der Waals surface area contributed by atoms with Crippen molar-refractivity contribution in [3.05, 3.63) is 36.2 Å². The molecule has 2 N–H and O–H groups in total. The van der Waals surface area contributed by atoms with Crippen molar-refractivity contribution in [2.45, 2.75) is 26.2 Å². The van der Waals surface area contributed by atoms with Crippen molar-refractivity contribution < 1.29 is 4.74 Å². The predicted molar refractivity (Wildman–Crippen MR) is 118 cm³/mol. The summed E-state index contributed by atoms with van der Waals surface area (Å²) in [5, 5.41) is 6.85. The molecule has 156 valence electrons. The van der Waals surface area contributed by atoms with E-state index in [-0.39, 0.29) is 0 Å². The number of aromatic nitrogens is 2. The molecule has 0 bridgehead atoms. The zero-order valence-corrected chi connectivity index (χ0v) is 17.4. The fraction of sp³-hybridized carbons (Fsp3) is 0.545. The van der Waals surface area contributed by atoms with Crippen LogP contribution in [0.25, 0.3) is 0 Å². The average molecular weight is 397 g/mol. The molecule has 7 nitrogen and oxygen atoms in total. The summed E-state index contributed by atoms with van der Waals surface area (Å²) < 4.78 is 5.40. The molecule has 7 heteroatoms. The summed E-state index contributed by atoms with van der Waals surface area (Å²) in [6.45, 7) is 9.78. The Balaban J connectivity index is 1.33. The number of nitrogens with zero attached hydrogens (tertiary/aromatic N) is 4. The van der Waals surface area contributed by atoms with E-state index in [0.717, 1.165) is 75.6 Å². The van der Waals surface area contributed by atoms with E-state index in [9.17, 15) is 0 Å². The molecule has 1 aromatic heterocycles. The van der Waals surface area contributed by atoms with E-state index in [1.165, 1.54) is 24.9 Å². The molecule has 2 aliphatic heterocycles. The number of piperidine rings is 1. The van der Waals surface area contributed by atoms with Gasteiger partial charge in [0, 0.05) is 56.7 Å². The van der Waals surface area contributed by atoms with Crippen LogP contribution in [0.4, 0.5) is 23.0 Å². The molecular formula is C22H32N6O. The van der Waals surface area contributed by atoms with Crippen LogP contribution in [0.1, 0.15) is 25.1 Å². The van der Waals surface area contributed by atoms with Gasteiger partial charge < -0.3 is 20.3 Å². The van der Waals surface area contributed by atoms with Gasteiger partial charge in [-0.2, -0.15) is 0 Å². The van der Waals surface area contributed by atoms with Crippen LogP contribution in [0, 0.1) is 6.92 Å². The van der Waals surface area contributed by atoms with E-state index >= 15 is 0 Å². The lowest BCUT2D eigenvalue weighted by Crippen LogP contribution is -2.39. The molecule has 2 aromatic rings. The molecule has 2 saturated heterocycles. The van der Waals surface area contributed by atoms with Gasteiger partial charge in [0.15, 0.2) is 0 Å². The Morgan fingerprint density at radius 3 is 2.41 bits per heavy atom. The first-order valence-electron chi connectivity index (χ1n) is 10.8. The van der Waals surface area contributed by atoms with Crippen LogP contribution in [0.2, 0.25) is 0 Å². The molecule has 0 unspecified atom stereocenters. The summed E-state index contributed by atoms with van der Waals surface area (Å²) in [4.78, 5) is 13.9. The number of morpholine rings is 1. The van der Waals surface area contributed by atoms with Crippen molar-refractivity contribution in [2.24, 2.45) is 0 Å². The third kappa shape index (κ3) is 5.81. The van der Waals surface area contributed by atoms with Gasteiger partial charge in [0.2, 0.25) is 0 Å². The molecule has 4 rings (SSSR count). The van der Waals surface area contributed by atoms with Crippen LogP contribution in [0.3, 0.4) is 0 Å². The smallest absolute Gasteiger partial charge is 0.136 e. The number of benzene rings is 1. The van der Waals surface area contributed by atoms with E-state index < -0.39 is 0 Å². The second-order valence-corrected chi connectivity index (χ2v) is 7.79. The summed E-state index contributed by atoms with van der Waals surface area (Å²) in [5.74, 6) is 2.43. The zero-order valence-electron chi connectivity index (χ0n) is 17.4. The lowest BCUT2D eigenvalue weighted by atomic mass is 10.1. The van der Waals surface area contributed by atoms with Crippen LogP contribution in [0.15, 0.2) is 30.3 Å². The normalized spacial score (nSPS) is 17.9. The van der Waals surface area contributed by atoms with Crippen molar-refractivity contribution in [1.29, 1.82) is 0 Å². The molecule has 2 aliphatic rings. The van der Waals surface area contributed by atoms with Crippen molar-refractivity contribution in [2.75, 3.05) is 68.0 Å². The molecule has 0 radical (unpaired) electrons. The van der Waals surface area contributed by atoms with E-state index in [4.69, 9.17) is 4.74 Å². The molecule has 0 spiro atoms. The molecule has 0 saturated carbocycles. The predicted octanol–water partition coefficient (Wildman–Crippen LogP) is 3.26. The zero-order chi connectivity index (χ0) is 19.9. The minimum Gasteiger partial charge on any atom is -0.379 e. The molecule has 0 atom stereocenters. The van der Waals surface area contributed by atoms with Crippen molar-refractivity contribution >= 4 is 23.0 Å². The number of hydrogen-bond acceptors (Lipinski definition) is 7. The van der Waals surface area contributed by atoms with Crippen molar-refractivity contribution in [3.63, 3.8) is 0 Å². The molecular weight excluding hydrogens is 364 g/mol. The fourth-order valence-corrected chi connectivity index (χ4v) is 3.94. The maximum absolute atomic E-state index is 5.40. The first-order chi connectivity index (χ1) is 14.3. The fourth-order valence-electron chi connectivity index (χ4n) is 3.94. The topological polar surface area (TPSA) is 65.6 Å². The maximum Gasteiger partial charge on any atom is 0.136 e. The number of rotatable bonds is 7. The van der Waals surface area contributed by atoms with Gasteiger partial charge in [0.1, 0.15) is 17.5 Å².